The fraction of sp³-hybridized carbons (Fsp3) is 0.571. The van der Waals surface area contributed by atoms with Gasteiger partial charge in [0, 0.05) is 31.3 Å². The second-order valence-electron chi connectivity index (χ2n) is 5.72. The summed E-state index contributed by atoms with van der Waals surface area (Å²) >= 11 is 0. The molecule has 0 aliphatic carbocycles. The Kier molecular flexibility index (Phi) is 5.11. The molecule has 116 valence electrons. The molecule has 0 spiro atoms. The molecule has 7 heteroatoms. The van der Waals surface area contributed by atoms with Crippen LogP contribution in [-0.4, -0.2) is 47.9 Å². The highest BCUT2D eigenvalue weighted by atomic mass is 16.6. The van der Waals surface area contributed by atoms with Crippen molar-refractivity contribution in [3.05, 3.63) is 33.9 Å². The summed E-state index contributed by atoms with van der Waals surface area (Å²) < 4.78 is 0. The molecule has 3 N–H and O–H groups in total. The summed E-state index contributed by atoms with van der Waals surface area (Å²) in [6, 6.07) is 5.26. The van der Waals surface area contributed by atoms with Crippen LogP contribution in [0.4, 0.5) is 11.4 Å². The monoisotopic (exact) mass is 293 g/mol. The van der Waals surface area contributed by atoms with Crippen LogP contribution in [0.15, 0.2) is 18.2 Å². The van der Waals surface area contributed by atoms with Crippen LogP contribution in [0.2, 0.25) is 0 Å². The van der Waals surface area contributed by atoms with Crippen LogP contribution in [0.25, 0.3) is 0 Å². The van der Waals surface area contributed by atoms with Crippen LogP contribution in [0.3, 0.4) is 0 Å². The highest BCUT2D eigenvalue weighted by Gasteiger charge is 2.22. The number of hydrazine groups is 1. The number of hydrogen-bond acceptors (Lipinski definition) is 6. The smallest absolute Gasteiger partial charge is 0.269 e. The van der Waals surface area contributed by atoms with E-state index in [4.69, 9.17) is 5.84 Å². The Hall–Kier alpha value is -1.70. The summed E-state index contributed by atoms with van der Waals surface area (Å²) in [5.41, 5.74) is 4.27. The molecule has 1 atom stereocenters. The van der Waals surface area contributed by atoms with E-state index in [2.05, 4.69) is 22.3 Å². The zero-order valence-corrected chi connectivity index (χ0v) is 12.6. The van der Waals surface area contributed by atoms with Gasteiger partial charge in [-0.05, 0) is 45.1 Å². The summed E-state index contributed by atoms with van der Waals surface area (Å²) in [5.74, 6) is 5.49. The number of nitro benzene ring substituents is 1. The van der Waals surface area contributed by atoms with E-state index in [1.54, 1.807) is 12.1 Å². The first kappa shape index (κ1) is 15.7. The molecule has 1 aromatic carbocycles. The number of rotatable bonds is 6. The number of nitrogens with one attached hydrogen (secondary N) is 1. The van der Waals surface area contributed by atoms with Gasteiger partial charge in [-0.3, -0.25) is 16.0 Å². The second kappa shape index (κ2) is 6.84. The molecule has 1 fully saturated rings. The van der Waals surface area contributed by atoms with Crippen molar-refractivity contribution in [2.45, 2.75) is 25.4 Å². The molecule has 1 heterocycles. The first-order valence-electron chi connectivity index (χ1n) is 7.14. The van der Waals surface area contributed by atoms with Gasteiger partial charge in [0.25, 0.3) is 5.69 Å². The van der Waals surface area contributed by atoms with Crippen molar-refractivity contribution >= 4 is 11.4 Å². The molecule has 0 saturated carbocycles. The fourth-order valence-electron chi connectivity index (χ4n) is 2.89. The largest absolute Gasteiger partial charge is 0.324 e. The molecular formula is C14H23N5O2. The molecule has 0 amide bonds. The predicted molar refractivity (Wildman–Crippen MR) is 82.9 cm³/mol. The van der Waals surface area contributed by atoms with Crippen molar-refractivity contribution in [2.75, 3.05) is 32.6 Å². The van der Waals surface area contributed by atoms with Crippen LogP contribution in [0.1, 0.15) is 18.4 Å². The average molecular weight is 293 g/mol. The van der Waals surface area contributed by atoms with Gasteiger partial charge in [-0.15, -0.1) is 0 Å². The number of non-ortho nitro benzene ring substituents is 1. The van der Waals surface area contributed by atoms with Gasteiger partial charge in [-0.2, -0.15) is 0 Å². The van der Waals surface area contributed by atoms with E-state index in [-0.39, 0.29) is 10.6 Å². The Morgan fingerprint density at radius 1 is 1.57 bits per heavy atom. The van der Waals surface area contributed by atoms with Crippen LogP contribution in [0.5, 0.6) is 0 Å². The lowest BCUT2D eigenvalue weighted by molar-refractivity contribution is -0.384. The van der Waals surface area contributed by atoms with E-state index in [1.807, 2.05) is 7.05 Å². The van der Waals surface area contributed by atoms with E-state index in [0.29, 0.717) is 12.6 Å². The molecule has 1 aliphatic heterocycles. The maximum Gasteiger partial charge on any atom is 0.269 e. The molecule has 7 nitrogen and oxygen atoms in total. The number of benzene rings is 1. The summed E-state index contributed by atoms with van der Waals surface area (Å²) in [5, 5.41) is 10.9. The number of likely N-dealkylation sites (tertiary alicyclic amines) is 1. The first-order valence-corrected chi connectivity index (χ1v) is 7.14. The molecule has 1 aromatic rings. The number of hydrogen-bond donors (Lipinski definition) is 2. The molecule has 21 heavy (non-hydrogen) atoms. The van der Waals surface area contributed by atoms with Gasteiger partial charge >= 0.3 is 0 Å². The van der Waals surface area contributed by atoms with E-state index >= 15 is 0 Å². The van der Waals surface area contributed by atoms with Gasteiger partial charge in [0.05, 0.1) is 10.6 Å². The maximum absolute atomic E-state index is 10.9. The molecule has 1 saturated heterocycles. The molecule has 1 aliphatic rings. The topological polar surface area (TPSA) is 87.7 Å². The molecule has 0 radical (unpaired) electrons. The number of nitro groups is 1. The van der Waals surface area contributed by atoms with Crippen molar-refractivity contribution in [1.82, 2.24) is 9.80 Å². The van der Waals surface area contributed by atoms with E-state index in [9.17, 15) is 10.1 Å². The quantitative estimate of drug-likeness (QED) is 0.468. The lowest BCUT2D eigenvalue weighted by Crippen LogP contribution is -2.36. The molecular weight excluding hydrogens is 270 g/mol. The molecule has 0 aromatic heterocycles. The lowest BCUT2D eigenvalue weighted by Gasteiger charge is -2.26. The van der Waals surface area contributed by atoms with Gasteiger partial charge in [-0.25, -0.2) is 0 Å². The highest BCUT2D eigenvalue weighted by molar-refractivity contribution is 5.55. The Morgan fingerprint density at radius 2 is 2.33 bits per heavy atom. The number of nitrogens with zero attached hydrogens (tertiary/aromatic N) is 3. The normalized spacial score (nSPS) is 19.1. The number of anilines is 1. The van der Waals surface area contributed by atoms with Crippen LogP contribution < -0.4 is 11.3 Å². The highest BCUT2D eigenvalue weighted by Crippen LogP contribution is 2.23. The van der Waals surface area contributed by atoms with Gasteiger partial charge < -0.3 is 15.2 Å². The molecule has 1 unspecified atom stereocenters. The van der Waals surface area contributed by atoms with Crippen molar-refractivity contribution in [3.8, 4) is 0 Å². The zero-order valence-electron chi connectivity index (χ0n) is 12.6. The summed E-state index contributed by atoms with van der Waals surface area (Å²) in [6.07, 6.45) is 2.44. The Labute approximate surface area is 124 Å². The van der Waals surface area contributed by atoms with Crippen molar-refractivity contribution in [2.24, 2.45) is 5.84 Å². The van der Waals surface area contributed by atoms with Gasteiger partial charge in [0.2, 0.25) is 0 Å². The minimum atomic E-state index is -0.380. The van der Waals surface area contributed by atoms with Crippen molar-refractivity contribution < 1.29 is 4.92 Å². The Balaban J connectivity index is 2.06. The third kappa shape index (κ3) is 3.90. The SMILES string of the molecule is CN(Cc1cc([N+](=O)[O-])ccc1NN)CC1CCCN1C. The molecule has 0 bridgehead atoms. The van der Waals surface area contributed by atoms with E-state index in [0.717, 1.165) is 24.3 Å². The summed E-state index contributed by atoms with van der Waals surface area (Å²) in [4.78, 5) is 15.1. The second-order valence-corrected chi connectivity index (χ2v) is 5.72. The lowest BCUT2D eigenvalue weighted by atomic mass is 10.1. The minimum Gasteiger partial charge on any atom is -0.324 e. The van der Waals surface area contributed by atoms with Gasteiger partial charge in [0.15, 0.2) is 0 Å². The van der Waals surface area contributed by atoms with Gasteiger partial charge in [0.1, 0.15) is 0 Å². The third-order valence-electron chi connectivity index (χ3n) is 4.09. The van der Waals surface area contributed by atoms with Crippen LogP contribution in [0, 0.1) is 10.1 Å². The van der Waals surface area contributed by atoms with Crippen molar-refractivity contribution in [3.63, 3.8) is 0 Å². The number of nitrogen functional groups attached to an aromatic ring is 1. The minimum absolute atomic E-state index is 0.0929. The van der Waals surface area contributed by atoms with Crippen LogP contribution in [-0.2, 0) is 6.54 Å². The summed E-state index contributed by atoms with van der Waals surface area (Å²) in [7, 11) is 4.18. The van der Waals surface area contributed by atoms with E-state index < -0.39 is 0 Å². The Bertz CT molecular complexity index is 508. The third-order valence-corrected chi connectivity index (χ3v) is 4.09. The molecule has 2 rings (SSSR count). The standard InChI is InChI=1S/C14H23N5O2/c1-17(10-13-4-3-7-18(13)2)9-11-8-12(19(20)21)5-6-14(11)16-15/h5-6,8,13,16H,3-4,7,9-10,15H2,1-2H3. The maximum atomic E-state index is 10.9. The zero-order chi connectivity index (χ0) is 15.4. The predicted octanol–water partition coefficient (Wildman–Crippen LogP) is 1.41. The number of likely N-dealkylation sites (N-methyl/N-ethyl adjacent to an activating group) is 2. The fourth-order valence-corrected chi connectivity index (χ4v) is 2.89. The summed E-state index contributed by atoms with van der Waals surface area (Å²) in [6.45, 7) is 2.72. The Morgan fingerprint density at radius 3 is 2.90 bits per heavy atom. The van der Waals surface area contributed by atoms with Gasteiger partial charge in [-0.1, -0.05) is 0 Å². The average Bonchev–Trinajstić information content (AvgIpc) is 2.84. The first-order chi connectivity index (χ1) is 10.0. The van der Waals surface area contributed by atoms with E-state index in [1.165, 1.54) is 18.9 Å². The number of nitrogens with two attached hydrogens (primary N) is 1. The van der Waals surface area contributed by atoms with Crippen molar-refractivity contribution in [1.29, 1.82) is 0 Å². The van der Waals surface area contributed by atoms with Crippen LogP contribution >= 0.6 is 0 Å².